The van der Waals surface area contributed by atoms with E-state index in [4.69, 9.17) is 16.0 Å². The van der Waals surface area contributed by atoms with Crippen LogP contribution in [-0.2, 0) is 17.9 Å². The van der Waals surface area contributed by atoms with Crippen LogP contribution in [0.3, 0.4) is 0 Å². The lowest BCUT2D eigenvalue weighted by Crippen LogP contribution is -2.30. The molecule has 146 valence electrons. The highest BCUT2D eigenvalue weighted by atomic mass is 35.5. The number of hydrogen-bond donors (Lipinski definition) is 1. The predicted octanol–water partition coefficient (Wildman–Crippen LogP) is 4.48. The van der Waals surface area contributed by atoms with Gasteiger partial charge in [0.2, 0.25) is 5.91 Å². The van der Waals surface area contributed by atoms with Crippen LogP contribution in [0.2, 0.25) is 5.02 Å². The largest absolute Gasteiger partial charge is 0.469 e. The van der Waals surface area contributed by atoms with Gasteiger partial charge in [-0.15, -0.1) is 16.8 Å². The number of allylic oxidation sites excluding steroid dienone is 1. The molecule has 0 saturated heterocycles. The summed E-state index contributed by atoms with van der Waals surface area (Å²) >= 11 is 7.49. The normalized spacial score (nSPS) is 12.0. The first kappa shape index (κ1) is 20.2. The third-order valence-electron chi connectivity index (χ3n) is 4.19. The topological polar surface area (TPSA) is 73.0 Å². The number of nitrogens with zero attached hydrogens (tertiary/aromatic N) is 3. The Morgan fingerprint density at radius 1 is 1.39 bits per heavy atom. The molecule has 28 heavy (non-hydrogen) atoms. The molecular weight excluding hydrogens is 396 g/mol. The lowest BCUT2D eigenvalue weighted by molar-refractivity contribution is -0.120. The zero-order chi connectivity index (χ0) is 20.1. The fourth-order valence-electron chi connectivity index (χ4n) is 2.67. The van der Waals surface area contributed by atoms with E-state index in [1.165, 1.54) is 11.8 Å². The minimum Gasteiger partial charge on any atom is -0.469 e. The van der Waals surface area contributed by atoms with Crippen molar-refractivity contribution in [1.82, 2.24) is 20.1 Å². The summed E-state index contributed by atoms with van der Waals surface area (Å²) in [5.41, 5.74) is 1.75. The molecular formula is C20H21ClN4O2S. The predicted molar refractivity (Wildman–Crippen MR) is 111 cm³/mol. The van der Waals surface area contributed by atoms with E-state index in [0.29, 0.717) is 29.1 Å². The van der Waals surface area contributed by atoms with E-state index < -0.39 is 0 Å². The minimum absolute atomic E-state index is 0.0980. The molecule has 1 atom stereocenters. The molecule has 8 heteroatoms. The van der Waals surface area contributed by atoms with Gasteiger partial charge in [0.1, 0.15) is 5.76 Å². The first-order chi connectivity index (χ1) is 13.5. The van der Waals surface area contributed by atoms with Crippen molar-refractivity contribution in [2.45, 2.75) is 37.3 Å². The van der Waals surface area contributed by atoms with Crippen molar-refractivity contribution in [3.05, 3.63) is 65.6 Å². The molecule has 6 nitrogen and oxygen atoms in total. The molecule has 1 aromatic carbocycles. The number of rotatable bonds is 8. The molecule has 2 heterocycles. The fourth-order valence-corrected chi connectivity index (χ4v) is 3.75. The van der Waals surface area contributed by atoms with Crippen LogP contribution < -0.4 is 5.32 Å². The lowest BCUT2D eigenvalue weighted by Gasteiger charge is -2.13. The van der Waals surface area contributed by atoms with Crippen molar-refractivity contribution in [1.29, 1.82) is 0 Å². The lowest BCUT2D eigenvalue weighted by atomic mass is 10.2. The van der Waals surface area contributed by atoms with Gasteiger partial charge in [-0.1, -0.05) is 47.6 Å². The molecule has 0 saturated carbocycles. The first-order valence-corrected chi connectivity index (χ1v) is 10.0. The summed E-state index contributed by atoms with van der Waals surface area (Å²) in [6, 6.07) is 9.30. The van der Waals surface area contributed by atoms with Crippen molar-refractivity contribution in [3.8, 4) is 11.4 Å². The van der Waals surface area contributed by atoms with Crippen LogP contribution in [0.25, 0.3) is 11.4 Å². The molecule has 0 spiro atoms. The summed E-state index contributed by atoms with van der Waals surface area (Å²) in [6.45, 7) is 8.42. The number of halogens is 1. The summed E-state index contributed by atoms with van der Waals surface area (Å²) in [5, 5.41) is 12.4. The number of aryl methyl sites for hydroxylation is 1. The molecule has 1 N–H and O–H groups in total. The van der Waals surface area contributed by atoms with E-state index in [2.05, 4.69) is 22.1 Å². The van der Waals surface area contributed by atoms with Gasteiger partial charge in [-0.05, 0) is 31.5 Å². The Labute approximate surface area is 173 Å². The summed E-state index contributed by atoms with van der Waals surface area (Å²) in [4.78, 5) is 12.5. The molecule has 1 amide bonds. The Morgan fingerprint density at radius 3 is 2.86 bits per heavy atom. The second-order valence-electron chi connectivity index (χ2n) is 6.17. The fraction of sp³-hybridized carbons (Fsp3) is 0.250. The number of hydrogen-bond acceptors (Lipinski definition) is 5. The average molecular weight is 417 g/mol. The van der Waals surface area contributed by atoms with Crippen molar-refractivity contribution in [2.75, 3.05) is 0 Å². The number of carbonyl (C=O) groups excluding carboxylic acids is 1. The van der Waals surface area contributed by atoms with Gasteiger partial charge < -0.3 is 9.73 Å². The van der Waals surface area contributed by atoms with E-state index >= 15 is 0 Å². The number of thioether (sulfide) groups is 1. The van der Waals surface area contributed by atoms with Crippen LogP contribution in [0, 0.1) is 6.92 Å². The molecule has 2 aromatic heterocycles. The second-order valence-corrected chi connectivity index (χ2v) is 7.88. The van der Waals surface area contributed by atoms with Crippen LogP contribution in [0.5, 0.6) is 0 Å². The minimum atomic E-state index is -0.353. The van der Waals surface area contributed by atoms with E-state index in [-0.39, 0.29) is 11.2 Å². The Morgan fingerprint density at radius 2 is 2.18 bits per heavy atom. The molecule has 1 unspecified atom stereocenters. The molecule has 0 bridgehead atoms. The number of furan rings is 1. The Kier molecular flexibility index (Phi) is 6.59. The maximum atomic E-state index is 12.5. The number of carbonyl (C=O) groups is 1. The number of benzene rings is 1. The molecule has 0 aliphatic rings. The molecule has 0 aliphatic carbocycles. The van der Waals surface area contributed by atoms with Gasteiger partial charge in [-0.3, -0.25) is 9.36 Å². The third kappa shape index (κ3) is 4.48. The number of nitrogens with one attached hydrogen (secondary N) is 1. The van der Waals surface area contributed by atoms with Crippen LogP contribution in [-0.4, -0.2) is 25.9 Å². The van der Waals surface area contributed by atoms with E-state index in [0.717, 1.165) is 16.9 Å². The van der Waals surface area contributed by atoms with Crippen molar-refractivity contribution in [3.63, 3.8) is 0 Å². The maximum Gasteiger partial charge on any atom is 0.233 e. The molecule has 0 fully saturated rings. The quantitative estimate of drug-likeness (QED) is 0.433. The molecule has 3 aromatic rings. The zero-order valence-corrected chi connectivity index (χ0v) is 17.3. The highest BCUT2D eigenvalue weighted by molar-refractivity contribution is 8.00. The number of aromatic nitrogens is 3. The van der Waals surface area contributed by atoms with E-state index in [1.54, 1.807) is 18.4 Å². The van der Waals surface area contributed by atoms with Gasteiger partial charge in [0, 0.05) is 18.1 Å². The van der Waals surface area contributed by atoms with Gasteiger partial charge >= 0.3 is 0 Å². The summed E-state index contributed by atoms with van der Waals surface area (Å²) in [5.74, 6) is 1.36. The summed E-state index contributed by atoms with van der Waals surface area (Å²) in [6.07, 6.45) is 3.39. The van der Waals surface area contributed by atoms with Gasteiger partial charge in [0.25, 0.3) is 0 Å². The van der Waals surface area contributed by atoms with Crippen LogP contribution in [0.1, 0.15) is 18.2 Å². The van der Waals surface area contributed by atoms with Gasteiger partial charge in [0.05, 0.1) is 17.1 Å². The van der Waals surface area contributed by atoms with Gasteiger partial charge in [-0.2, -0.15) is 0 Å². The van der Waals surface area contributed by atoms with Crippen molar-refractivity contribution in [2.24, 2.45) is 0 Å². The maximum absolute atomic E-state index is 12.5. The molecule has 3 rings (SSSR count). The second kappa shape index (κ2) is 9.12. The van der Waals surface area contributed by atoms with Crippen molar-refractivity contribution < 1.29 is 9.21 Å². The van der Waals surface area contributed by atoms with Gasteiger partial charge in [-0.25, -0.2) is 0 Å². The monoisotopic (exact) mass is 416 g/mol. The smallest absolute Gasteiger partial charge is 0.233 e. The third-order valence-corrected chi connectivity index (χ3v) is 5.64. The van der Waals surface area contributed by atoms with E-state index in [1.807, 2.05) is 42.7 Å². The number of amides is 1. The Hall–Kier alpha value is -2.51. The van der Waals surface area contributed by atoms with Crippen molar-refractivity contribution >= 4 is 29.3 Å². The standard InChI is InChI=1S/C20H21ClN4O2S/c1-4-10-25-18(16-9-11-27-13(16)2)23-24-20(25)28-14(3)19(26)22-12-15-7-5-6-8-17(15)21/h4-9,11,14H,1,10,12H2,2-3H3,(H,22,26). The van der Waals surface area contributed by atoms with Crippen LogP contribution in [0.15, 0.2) is 58.8 Å². The zero-order valence-electron chi connectivity index (χ0n) is 15.7. The molecule has 0 aliphatic heterocycles. The SMILES string of the molecule is C=CCn1c(SC(C)C(=O)NCc2ccccc2Cl)nnc1-c1ccoc1C. The van der Waals surface area contributed by atoms with Crippen LogP contribution in [0.4, 0.5) is 0 Å². The summed E-state index contributed by atoms with van der Waals surface area (Å²) in [7, 11) is 0. The van der Waals surface area contributed by atoms with Gasteiger partial charge in [0.15, 0.2) is 11.0 Å². The highest BCUT2D eigenvalue weighted by Crippen LogP contribution is 2.29. The first-order valence-electron chi connectivity index (χ1n) is 8.77. The Bertz CT molecular complexity index is 982. The summed E-state index contributed by atoms with van der Waals surface area (Å²) < 4.78 is 7.30. The van der Waals surface area contributed by atoms with Crippen LogP contribution >= 0.6 is 23.4 Å². The molecule has 0 radical (unpaired) electrons. The Balaban J connectivity index is 1.71. The van der Waals surface area contributed by atoms with E-state index in [9.17, 15) is 4.79 Å². The average Bonchev–Trinajstić information content (AvgIpc) is 3.27. The highest BCUT2D eigenvalue weighted by Gasteiger charge is 2.21.